The number of ether oxygens (including phenoxy) is 2. The van der Waals surface area contributed by atoms with Crippen molar-refractivity contribution in [3.8, 4) is 11.5 Å². The fourth-order valence-corrected chi connectivity index (χ4v) is 5.19. The summed E-state index contributed by atoms with van der Waals surface area (Å²) in [6.07, 6.45) is 0. The second kappa shape index (κ2) is 10.0. The van der Waals surface area contributed by atoms with E-state index in [4.69, 9.17) is 25.5 Å². The van der Waals surface area contributed by atoms with Gasteiger partial charge in [0.1, 0.15) is 17.1 Å². The second-order valence-electron chi connectivity index (χ2n) is 9.16. The summed E-state index contributed by atoms with van der Waals surface area (Å²) in [5.74, 6) is 1.11. The Labute approximate surface area is 218 Å². The highest BCUT2D eigenvalue weighted by Gasteiger charge is 2.42. The molecule has 0 radical (unpaired) electrons. The minimum Gasteiger partial charge on any atom is -0.457 e. The Balaban J connectivity index is 1.43. The van der Waals surface area contributed by atoms with Crippen LogP contribution in [-0.2, 0) is 4.74 Å². The lowest BCUT2D eigenvalue weighted by Crippen LogP contribution is -2.42. The van der Waals surface area contributed by atoms with E-state index in [0.717, 1.165) is 18.7 Å². The number of hydrogen-bond donors (Lipinski definition) is 0. The average Bonchev–Trinajstić information content (AvgIpc) is 3.21. The van der Waals surface area contributed by atoms with Crippen LogP contribution in [0.2, 0.25) is 5.02 Å². The summed E-state index contributed by atoms with van der Waals surface area (Å²) in [5, 5.41) is 0.791. The first kappa shape index (κ1) is 23.7. The number of amides is 1. The summed E-state index contributed by atoms with van der Waals surface area (Å²) in [6.45, 7) is 4.05. The zero-order chi connectivity index (χ0) is 25.4. The maximum Gasteiger partial charge on any atom is 0.290 e. The molecule has 0 bridgehead atoms. The predicted molar refractivity (Wildman–Crippen MR) is 141 cm³/mol. The molecule has 8 heteroatoms. The molecule has 2 aliphatic rings. The molecule has 0 N–H and O–H groups in total. The summed E-state index contributed by atoms with van der Waals surface area (Å²) in [6, 6.07) is 21.3. The van der Waals surface area contributed by atoms with Crippen LogP contribution in [0.3, 0.4) is 0 Å². The van der Waals surface area contributed by atoms with Crippen LogP contribution in [0.4, 0.5) is 0 Å². The molecule has 1 fully saturated rings. The van der Waals surface area contributed by atoms with Crippen LogP contribution in [0.15, 0.2) is 82.0 Å². The molecule has 1 unspecified atom stereocenters. The average molecular weight is 517 g/mol. The quantitative estimate of drug-likeness (QED) is 0.354. The van der Waals surface area contributed by atoms with Crippen molar-refractivity contribution in [1.29, 1.82) is 0 Å². The highest BCUT2D eigenvalue weighted by molar-refractivity contribution is 6.31. The van der Waals surface area contributed by atoms with Gasteiger partial charge in [0, 0.05) is 31.2 Å². The molecule has 188 valence electrons. The van der Waals surface area contributed by atoms with Crippen molar-refractivity contribution in [3.05, 3.63) is 105 Å². The van der Waals surface area contributed by atoms with E-state index < -0.39 is 6.04 Å². The van der Waals surface area contributed by atoms with Crippen LogP contribution in [-0.4, -0.2) is 55.1 Å². The number of nitrogens with zero attached hydrogens (tertiary/aromatic N) is 2. The first-order valence-corrected chi connectivity index (χ1v) is 12.7. The summed E-state index contributed by atoms with van der Waals surface area (Å²) >= 11 is 6.20. The third-order valence-corrected chi connectivity index (χ3v) is 7.08. The molecule has 7 nitrogen and oxygen atoms in total. The highest BCUT2D eigenvalue weighted by atomic mass is 35.5. The number of carbonyl (C=O) groups excluding carboxylic acids is 1. The molecule has 0 spiro atoms. The van der Waals surface area contributed by atoms with Crippen molar-refractivity contribution in [2.45, 2.75) is 6.04 Å². The zero-order valence-electron chi connectivity index (χ0n) is 20.1. The normalized spacial score (nSPS) is 17.8. The molecular weight excluding hydrogens is 492 g/mol. The van der Waals surface area contributed by atoms with Gasteiger partial charge in [0.05, 0.1) is 30.2 Å². The SMILES string of the molecule is O=C1c2oc3ccc(Cl)cc3c(=O)c2C(c2cccc(Oc3ccccc3)c2)N1CCN1CCOCC1. The van der Waals surface area contributed by atoms with Crippen LogP contribution in [0, 0.1) is 0 Å². The molecule has 0 aliphatic carbocycles. The van der Waals surface area contributed by atoms with Crippen molar-refractivity contribution >= 4 is 28.5 Å². The number of rotatable bonds is 6. The van der Waals surface area contributed by atoms with Gasteiger partial charge in [-0.25, -0.2) is 0 Å². The topological polar surface area (TPSA) is 72.2 Å². The Hall–Kier alpha value is -3.65. The van der Waals surface area contributed by atoms with Crippen LogP contribution < -0.4 is 10.2 Å². The molecule has 3 aromatic carbocycles. The lowest BCUT2D eigenvalue weighted by atomic mass is 9.98. The first-order valence-electron chi connectivity index (χ1n) is 12.3. The highest BCUT2D eigenvalue weighted by Crippen LogP contribution is 2.39. The number of para-hydroxylation sites is 1. The van der Waals surface area contributed by atoms with Crippen molar-refractivity contribution in [2.24, 2.45) is 0 Å². The van der Waals surface area contributed by atoms with Crippen molar-refractivity contribution in [1.82, 2.24) is 9.80 Å². The standard InChI is InChI=1S/C29H25ClN2O5/c30-20-9-10-24-23(18-20)27(33)25-26(19-5-4-8-22(17-19)36-21-6-2-1-3-7-21)32(29(34)28(25)37-24)12-11-31-13-15-35-16-14-31/h1-10,17-18,26H,11-16H2. The molecule has 1 saturated heterocycles. The van der Waals surface area contributed by atoms with E-state index in [-0.39, 0.29) is 17.1 Å². The van der Waals surface area contributed by atoms with Gasteiger partial charge in [0.25, 0.3) is 5.91 Å². The molecule has 4 aromatic rings. The summed E-state index contributed by atoms with van der Waals surface area (Å²) in [4.78, 5) is 31.4. The van der Waals surface area contributed by atoms with Gasteiger partial charge < -0.3 is 18.8 Å². The summed E-state index contributed by atoms with van der Waals surface area (Å²) in [5.41, 5.74) is 1.20. The van der Waals surface area contributed by atoms with Gasteiger partial charge in [-0.1, -0.05) is 41.9 Å². The number of fused-ring (bicyclic) bond motifs is 2. The number of carbonyl (C=O) groups is 1. The van der Waals surface area contributed by atoms with Gasteiger partial charge in [-0.05, 0) is 48.0 Å². The Morgan fingerprint density at radius 2 is 1.68 bits per heavy atom. The van der Waals surface area contributed by atoms with E-state index in [0.29, 0.717) is 59.4 Å². The van der Waals surface area contributed by atoms with Gasteiger partial charge in [0.15, 0.2) is 5.43 Å². The Morgan fingerprint density at radius 1 is 0.892 bits per heavy atom. The molecule has 1 aromatic heterocycles. The first-order chi connectivity index (χ1) is 18.1. The summed E-state index contributed by atoms with van der Waals surface area (Å²) in [7, 11) is 0. The number of hydrogen-bond acceptors (Lipinski definition) is 6. The lowest BCUT2D eigenvalue weighted by molar-refractivity contribution is 0.0314. The lowest BCUT2D eigenvalue weighted by Gasteiger charge is -2.31. The van der Waals surface area contributed by atoms with E-state index in [9.17, 15) is 9.59 Å². The monoisotopic (exact) mass is 516 g/mol. The van der Waals surface area contributed by atoms with Gasteiger partial charge in [-0.15, -0.1) is 0 Å². The van der Waals surface area contributed by atoms with Crippen LogP contribution >= 0.6 is 11.6 Å². The Kier molecular flexibility index (Phi) is 6.42. The third-order valence-electron chi connectivity index (χ3n) is 6.84. The molecule has 2 aliphatic heterocycles. The molecule has 1 amide bonds. The van der Waals surface area contributed by atoms with Gasteiger partial charge >= 0.3 is 0 Å². The summed E-state index contributed by atoms with van der Waals surface area (Å²) < 4.78 is 17.6. The van der Waals surface area contributed by atoms with E-state index in [1.807, 2.05) is 54.6 Å². The Morgan fingerprint density at radius 3 is 2.49 bits per heavy atom. The minimum atomic E-state index is -0.609. The Bertz CT molecular complexity index is 1510. The second-order valence-corrected chi connectivity index (χ2v) is 9.59. The molecule has 0 saturated carbocycles. The van der Waals surface area contributed by atoms with E-state index in [2.05, 4.69) is 4.90 Å². The molecule has 1 atom stereocenters. The zero-order valence-corrected chi connectivity index (χ0v) is 20.8. The third kappa shape index (κ3) is 4.62. The maximum atomic E-state index is 13.8. The van der Waals surface area contributed by atoms with Crippen LogP contribution in [0.25, 0.3) is 11.0 Å². The van der Waals surface area contributed by atoms with E-state index in [1.165, 1.54) is 0 Å². The van der Waals surface area contributed by atoms with Crippen LogP contribution in [0.5, 0.6) is 11.5 Å². The predicted octanol–water partition coefficient (Wildman–Crippen LogP) is 5.12. The van der Waals surface area contributed by atoms with E-state index in [1.54, 1.807) is 23.1 Å². The smallest absolute Gasteiger partial charge is 0.290 e. The van der Waals surface area contributed by atoms with Crippen molar-refractivity contribution in [2.75, 3.05) is 39.4 Å². The van der Waals surface area contributed by atoms with Crippen LogP contribution in [0.1, 0.15) is 27.7 Å². The van der Waals surface area contributed by atoms with Gasteiger partial charge in [0.2, 0.25) is 5.76 Å². The number of halogens is 1. The fraction of sp³-hybridized carbons (Fsp3) is 0.241. The number of benzene rings is 3. The largest absolute Gasteiger partial charge is 0.457 e. The maximum absolute atomic E-state index is 13.8. The van der Waals surface area contributed by atoms with E-state index >= 15 is 0 Å². The minimum absolute atomic E-state index is 0.0844. The van der Waals surface area contributed by atoms with Crippen molar-refractivity contribution < 1.29 is 18.7 Å². The molecule has 37 heavy (non-hydrogen) atoms. The molecular formula is C29H25ClN2O5. The number of morpholine rings is 1. The van der Waals surface area contributed by atoms with Crippen molar-refractivity contribution in [3.63, 3.8) is 0 Å². The fourth-order valence-electron chi connectivity index (χ4n) is 5.02. The van der Waals surface area contributed by atoms with Gasteiger partial charge in [-0.2, -0.15) is 0 Å². The molecule has 3 heterocycles. The molecule has 6 rings (SSSR count). The van der Waals surface area contributed by atoms with Gasteiger partial charge in [-0.3, -0.25) is 14.5 Å².